The quantitative estimate of drug-likeness (QED) is 0.677. The average molecular weight is 280 g/mol. The zero-order valence-corrected chi connectivity index (χ0v) is 12.9. The third-order valence-electron chi connectivity index (χ3n) is 4.14. The van der Waals surface area contributed by atoms with Gasteiger partial charge in [0.25, 0.3) is 0 Å². The van der Waals surface area contributed by atoms with Crippen LogP contribution in [0.2, 0.25) is 0 Å². The summed E-state index contributed by atoms with van der Waals surface area (Å²) in [7, 11) is 0. The standard InChI is InChI=1S/C19H20S/c1-14-15(2)20-19(17-11-7-4-8-12-17)13-18(14)16-9-5-3-6-10-16/h3-12,15,19H,13H2,1-2H3. The average Bonchev–Trinajstić information content (AvgIpc) is 2.51. The Hall–Kier alpha value is -1.47. The maximum absolute atomic E-state index is 2.33. The topological polar surface area (TPSA) is 0 Å². The van der Waals surface area contributed by atoms with Gasteiger partial charge in [-0.2, -0.15) is 0 Å². The molecule has 0 saturated carbocycles. The van der Waals surface area contributed by atoms with Crippen molar-refractivity contribution >= 4 is 17.3 Å². The maximum Gasteiger partial charge on any atom is 0.0343 e. The van der Waals surface area contributed by atoms with Crippen molar-refractivity contribution in [3.63, 3.8) is 0 Å². The number of hydrogen-bond donors (Lipinski definition) is 0. The lowest BCUT2D eigenvalue weighted by molar-refractivity contribution is 0.925. The van der Waals surface area contributed by atoms with E-state index in [-0.39, 0.29) is 0 Å². The first-order chi connectivity index (χ1) is 9.75. The molecular weight excluding hydrogens is 260 g/mol. The Kier molecular flexibility index (Phi) is 3.98. The minimum atomic E-state index is 0.574. The van der Waals surface area contributed by atoms with E-state index in [2.05, 4.69) is 86.3 Å². The molecule has 20 heavy (non-hydrogen) atoms. The van der Waals surface area contributed by atoms with Crippen LogP contribution in [0.5, 0.6) is 0 Å². The Bertz CT molecular complexity index is 598. The summed E-state index contributed by atoms with van der Waals surface area (Å²) >= 11 is 2.09. The van der Waals surface area contributed by atoms with Crippen LogP contribution in [0.25, 0.3) is 5.57 Å². The summed E-state index contributed by atoms with van der Waals surface area (Å²) in [6.07, 6.45) is 1.13. The minimum Gasteiger partial charge on any atom is -0.146 e. The molecule has 0 bridgehead atoms. The van der Waals surface area contributed by atoms with Gasteiger partial charge in [0.05, 0.1) is 0 Å². The molecule has 1 heteroatoms. The van der Waals surface area contributed by atoms with E-state index in [9.17, 15) is 0 Å². The zero-order valence-electron chi connectivity index (χ0n) is 12.0. The molecule has 0 amide bonds. The van der Waals surface area contributed by atoms with Gasteiger partial charge in [0, 0.05) is 10.5 Å². The zero-order chi connectivity index (χ0) is 13.9. The van der Waals surface area contributed by atoms with Crippen LogP contribution in [-0.4, -0.2) is 5.25 Å². The van der Waals surface area contributed by atoms with Gasteiger partial charge in [-0.1, -0.05) is 66.2 Å². The van der Waals surface area contributed by atoms with Crippen LogP contribution in [0.1, 0.15) is 36.6 Å². The fraction of sp³-hybridized carbons (Fsp3) is 0.263. The van der Waals surface area contributed by atoms with Crippen molar-refractivity contribution in [2.75, 3.05) is 0 Å². The highest BCUT2D eigenvalue weighted by Gasteiger charge is 2.26. The summed E-state index contributed by atoms with van der Waals surface area (Å²) in [5, 5.41) is 1.16. The van der Waals surface area contributed by atoms with E-state index < -0.39 is 0 Å². The van der Waals surface area contributed by atoms with Gasteiger partial charge in [-0.3, -0.25) is 0 Å². The third kappa shape index (κ3) is 2.69. The summed E-state index contributed by atoms with van der Waals surface area (Å²) in [6.45, 7) is 4.62. The first kappa shape index (κ1) is 13.5. The Morgan fingerprint density at radius 1 is 0.900 bits per heavy atom. The molecular formula is C19H20S. The molecule has 2 aromatic carbocycles. The van der Waals surface area contributed by atoms with Crippen molar-refractivity contribution in [3.8, 4) is 0 Å². The highest BCUT2D eigenvalue weighted by Crippen LogP contribution is 2.47. The maximum atomic E-state index is 2.33. The number of thioether (sulfide) groups is 1. The molecule has 0 radical (unpaired) electrons. The molecule has 0 N–H and O–H groups in total. The van der Waals surface area contributed by atoms with Crippen LogP contribution < -0.4 is 0 Å². The highest BCUT2D eigenvalue weighted by molar-refractivity contribution is 8.00. The lowest BCUT2D eigenvalue weighted by Crippen LogP contribution is -2.13. The fourth-order valence-electron chi connectivity index (χ4n) is 2.84. The van der Waals surface area contributed by atoms with Crippen LogP contribution in [0.15, 0.2) is 66.2 Å². The molecule has 0 saturated heterocycles. The van der Waals surface area contributed by atoms with E-state index in [0.717, 1.165) is 6.42 Å². The van der Waals surface area contributed by atoms with Crippen molar-refractivity contribution in [1.82, 2.24) is 0 Å². The van der Waals surface area contributed by atoms with Gasteiger partial charge >= 0.3 is 0 Å². The van der Waals surface area contributed by atoms with E-state index in [1.165, 1.54) is 22.3 Å². The van der Waals surface area contributed by atoms with Crippen molar-refractivity contribution < 1.29 is 0 Å². The van der Waals surface area contributed by atoms with Gasteiger partial charge in [-0.15, -0.1) is 11.8 Å². The first-order valence-corrected chi connectivity index (χ1v) is 8.15. The largest absolute Gasteiger partial charge is 0.146 e. The van der Waals surface area contributed by atoms with Crippen LogP contribution in [0, 0.1) is 0 Å². The fourth-order valence-corrected chi connectivity index (χ4v) is 4.25. The van der Waals surface area contributed by atoms with Crippen molar-refractivity contribution in [3.05, 3.63) is 77.4 Å². The summed E-state index contributed by atoms with van der Waals surface area (Å²) < 4.78 is 0. The van der Waals surface area contributed by atoms with Crippen LogP contribution in [0.4, 0.5) is 0 Å². The van der Waals surface area contributed by atoms with Crippen molar-refractivity contribution in [1.29, 1.82) is 0 Å². The summed E-state index contributed by atoms with van der Waals surface area (Å²) in [5.74, 6) is 0. The molecule has 3 rings (SSSR count). The summed E-state index contributed by atoms with van der Waals surface area (Å²) in [4.78, 5) is 0. The number of benzene rings is 2. The monoisotopic (exact) mass is 280 g/mol. The van der Waals surface area contributed by atoms with Gasteiger partial charge in [-0.05, 0) is 37.0 Å². The van der Waals surface area contributed by atoms with Gasteiger partial charge in [0.15, 0.2) is 0 Å². The molecule has 0 spiro atoms. The molecule has 1 aliphatic heterocycles. The Morgan fingerprint density at radius 3 is 2.15 bits per heavy atom. The second-order valence-electron chi connectivity index (χ2n) is 5.41. The van der Waals surface area contributed by atoms with Gasteiger partial charge in [0.1, 0.15) is 0 Å². The number of allylic oxidation sites excluding steroid dienone is 1. The highest BCUT2D eigenvalue weighted by atomic mass is 32.2. The SMILES string of the molecule is CC1=C(c2ccccc2)CC(c2ccccc2)SC1C. The molecule has 0 aliphatic carbocycles. The third-order valence-corrected chi connectivity index (χ3v) is 5.67. The van der Waals surface area contributed by atoms with E-state index in [1.54, 1.807) is 0 Å². The predicted octanol–water partition coefficient (Wildman–Crippen LogP) is 5.73. The van der Waals surface area contributed by atoms with E-state index in [0.29, 0.717) is 10.5 Å². The van der Waals surface area contributed by atoms with Crippen LogP contribution in [-0.2, 0) is 0 Å². The van der Waals surface area contributed by atoms with E-state index in [4.69, 9.17) is 0 Å². The first-order valence-electron chi connectivity index (χ1n) is 7.21. The minimum absolute atomic E-state index is 0.574. The molecule has 2 unspecified atom stereocenters. The van der Waals surface area contributed by atoms with Crippen molar-refractivity contribution in [2.45, 2.75) is 30.8 Å². The van der Waals surface area contributed by atoms with Crippen molar-refractivity contribution in [2.24, 2.45) is 0 Å². The Labute approximate surface area is 125 Å². The molecule has 0 nitrogen and oxygen atoms in total. The smallest absolute Gasteiger partial charge is 0.0343 e. The van der Waals surface area contributed by atoms with Gasteiger partial charge in [0.2, 0.25) is 0 Å². The molecule has 2 aromatic rings. The van der Waals surface area contributed by atoms with Crippen LogP contribution in [0.3, 0.4) is 0 Å². The molecule has 0 fully saturated rings. The molecule has 2 atom stereocenters. The van der Waals surface area contributed by atoms with Gasteiger partial charge < -0.3 is 0 Å². The molecule has 0 aromatic heterocycles. The van der Waals surface area contributed by atoms with E-state index >= 15 is 0 Å². The normalized spacial score (nSPS) is 22.9. The summed E-state index contributed by atoms with van der Waals surface area (Å²) in [6, 6.07) is 21.8. The lowest BCUT2D eigenvalue weighted by atomic mass is 9.92. The number of hydrogen-bond acceptors (Lipinski definition) is 1. The molecule has 1 heterocycles. The Morgan fingerprint density at radius 2 is 1.50 bits per heavy atom. The van der Waals surface area contributed by atoms with Gasteiger partial charge in [-0.25, -0.2) is 0 Å². The number of rotatable bonds is 2. The lowest BCUT2D eigenvalue weighted by Gasteiger charge is -2.31. The molecule has 1 aliphatic rings. The second kappa shape index (κ2) is 5.88. The Balaban J connectivity index is 1.95. The van der Waals surface area contributed by atoms with E-state index in [1.807, 2.05) is 0 Å². The second-order valence-corrected chi connectivity index (χ2v) is 6.96. The molecule has 102 valence electrons. The predicted molar refractivity (Wildman–Crippen MR) is 89.9 cm³/mol. The van der Waals surface area contributed by atoms with Crippen LogP contribution >= 0.6 is 11.8 Å². The summed E-state index contributed by atoms with van der Waals surface area (Å²) in [5.41, 5.74) is 5.91.